The zero-order chi connectivity index (χ0) is 22.3. The smallest absolute Gasteiger partial charge is 0.240 e. The standard InChI is InChI=1S/C26H27N3O2S/c1-19-12-13-23(27-18-19)28-25(30)21-14-16-29(17-15-21)26(31)24(20-8-4-2-5-9-20)32-22-10-6-3-7-11-22/h2-13,18,21,24H,14-17H2,1H3,(H,27,28,30). The number of carbonyl (C=O) groups excluding carboxylic acids is 2. The molecule has 1 N–H and O–H groups in total. The quantitative estimate of drug-likeness (QED) is 0.536. The number of hydrogen-bond donors (Lipinski definition) is 1. The van der Waals surface area contributed by atoms with Crippen LogP contribution in [-0.4, -0.2) is 34.8 Å². The zero-order valence-electron chi connectivity index (χ0n) is 18.1. The fraction of sp³-hybridized carbons (Fsp3) is 0.269. The van der Waals surface area contributed by atoms with Crippen LogP contribution < -0.4 is 5.32 Å². The predicted molar refractivity (Wildman–Crippen MR) is 128 cm³/mol. The summed E-state index contributed by atoms with van der Waals surface area (Å²) in [4.78, 5) is 33.4. The number of hydrogen-bond acceptors (Lipinski definition) is 4. The molecule has 1 saturated heterocycles. The van der Waals surface area contributed by atoms with Crippen molar-refractivity contribution in [1.29, 1.82) is 0 Å². The fourth-order valence-electron chi connectivity index (χ4n) is 3.82. The van der Waals surface area contributed by atoms with Gasteiger partial charge >= 0.3 is 0 Å². The first-order chi connectivity index (χ1) is 15.6. The van der Waals surface area contributed by atoms with Crippen molar-refractivity contribution in [1.82, 2.24) is 9.88 Å². The van der Waals surface area contributed by atoms with E-state index in [1.807, 2.05) is 84.6 Å². The number of aryl methyl sites for hydroxylation is 1. The van der Waals surface area contributed by atoms with E-state index in [2.05, 4.69) is 10.3 Å². The van der Waals surface area contributed by atoms with Gasteiger partial charge in [0.2, 0.25) is 11.8 Å². The minimum atomic E-state index is -0.305. The Balaban J connectivity index is 1.40. The van der Waals surface area contributed by atoms with E-state index >= 15 is 0 Å². The predicted octanol–water partition coefficient (Wildman–Crippen LogP) is 5.10. The number of carbonyl (C=O) groups is 2. The van der Waals surface area contributed by atoms with Crippen molar-refractivity contribution in [3.05, 3.63) is 90.1 Å². The summed E-state index contributed by atoms with van der Waals surface area (Å²) in [5.74, 6) is 0.539. The Kier molecular flexibility index (Phi) is 7.22. The second-order valence-electron chi connectivity index (χ2n) is 8.03. The van der Waals surface area contributed by atoms with Crippen LogP contribution in [0.1, 0.15) is 29.2 Å². The summed E-state index contributed by atoms with van der Waals surface area (Å²) in [7, 11) is 0. The molecular formula is C26H27N3O2S. The van der Waals surface area contributed by atoms with E-state index in [-0.39, 0.29) is 23.0 Å². The fourth-order valence-corrected chi connectivity index (χ4v) is 4.95. The van der Waals surface area contributed by atoms with Crippen LogP contribution in [0.5, 0.6) is 0 Å². The number of likely N-dealkylation sites (tertiary alicyclic amines) is 1. The third-order valence-corrected chi connectivity index (χ3v) is 6.92. The van der Waals surface area contributed by atoms with E-state index in [4.69, 9.17) is 0 Å². The molecule has 0 aliphatic carbocycles. The third-order valence-electron chi connectivity index (χ3n) is 5.66. The highest BCUT2D eigenvalue weighted by Gasteiger charge is 2.32. The van der Waals surface area contributed by atoms with E-state index in [1.54, 1.807) is 18.0 Å². The number of anilines is 1. The monoisotopic (exact) mass is 445 g/mol. The van der Waals surface area contributed by atoms with Gasteiger partial charge in [-0.15, -0.1) is 11.8 Å². The molecule has 5 nitrogen and oxygen atoms in total. The Morgan fingerprint density at radius 1 is 0.969 bits per heavy atom. The van der Waals surface area contributed by atoms with E-state index in [0.717, 1.165) is 16.0 Å². The summed E-state index contributed by atoms with van der Waals surface area (Å²) in [5.41, 5.74) is 2.05. The Morgan fingerprint density at radius 3 is 2.25 bits per heavy atom. The topological polar surface area (TPSA) is 62.3 Å². The maximum absolute atomic E-state index is 13.5. The van der Waals surface area contributed by atoms with Gasteiger partial charge in [-0.05, 0) is 49.1 Å². The number of piperidine rings is 1. The van der Waals surface area contributed by atoms with Crippen LogP contribution in [0.4, 0.5) is 5.82 Å². The van der Waals surface area contributed by atoms with Crippen molar-refractivity contribution >= 4 is 29.4 Å². The molecule has 4 rings (SSSR count). The highest BCUT2D eigenvalue weighted by atomic mass is 32.2. The van der Waals surface area contributed by atoms with Gasteiger partial charge in [-0.2, -0.15) is 0 Å². The molecule has 32 heavy (non-hydrogen) atoms. The molecule has 164 valence electrons. The number of thioether (sulfide) groups is 1. The van der Waals surface area contributed by atoms with Gasteiger partial charge in [-0.25, -0.2) is 4.98 Å². The van der Waals surface area contributed by atoms with E-state index in [1.165, 1.54) is 0 Å². The van der Waals surface area contributed by atoms with Crippen LogP contribution >= 0.6 is 11.8 Å². The van der Waals surface area contributed by atoms with E-state index in [9.17, 15) is 9.59 Å². The van der Waals surface area contributed by atoms with Crippen LogP contribution in [0.25, 0.3) is 0 Å². The van der Waals surface area contributed by atoms with Gasteiger partial charge < -0.3 is 10.2 Å². The van der Waals surface area contributed by atoms with Gasteiger partial charge in [-0.3, -0.25) is 9.59 Å². The van der Waals surface area contributed by atoms with Crippen molar-refractivity contribution in [3.8, 4) is 0 Å². The lowest BCUT2D eigenvalue weighted by atomic mass is 9.95. The van der Waals surface area contributed by atoms with Crippen LogP contribution in [0.2, 0.25) is 0 Å². The maximum Gasteiger partial charge on any atom is 0.240 e. The first kappa shape index (κ1) is 22.1. The lowest BCUT2D eigenvalue weighted by Gasteiger charge is -2.33. The number of amides is 2. The van der Waals surface area contributed by atoms with E-state index < -0.39 is 0 Å². The van der Waals surface area contributed by atoms with Gasteiger partial charge in [0.25, 0.3) is 0 Å². The molecule has 0 saturated carbocycles. The van der Waals surface area contributed by atoms with Crippen molar-refractivity contribution in [2.75, 3.05) is 18.4 Å². The Bertz CT molecular complexity index is 1030. The molecule has 3 aromatic rings. The molecule has 6 heteroatoms. The molecule has 1 atom stereocenters. The minimum absolute atomic E-state index is 0.0216. The van der Waals surface area contributed by atoms with Crippen molar-refractivity contribution in [2.45, 2.75) is 29.9 Å². The van der Waals surface area contributed by atoms with Gasteiger partial charge in [-0.1, -0.05) is 54.6 Å². The summed E-state index contributed by atoms with van der Waals surface area (Å²) in [5, 5.41) is 2.60. The third kappa shape index (κ3) is 5.56. The van der Waals surface area contributed by atoms with Gasteiger partial charge in [0, 0.05) is 30.1 Å². The van der Waals surface area contributed by atoms with E-state index in [0.29, 0.717) is 31.7 Å². The normalized spacial score (nSPS) is 15.2. The summed E-state index contributed by atoms with van der Waals surface area (Å²) in [6.07, 6.45) is 3.05. The second kappa shape index (κ2) is 10.5. The summed E-state index contributed by atoms with van der Waals surface area (Å²) in [6, 6.07) is 23.7. The Hall–Kier alpha value is -3.12. The minimum Gasteiger partial charge on any atom is -0.341 e. The Morgan fingerprint density at radius 2 is 1.62 bits per heavy atom. The summed E-state index contributed by atoms with van der Waals surface area (Å²) < 4.78 is 0. The van der Waals surface area contributed by atoms with Crippen molar-refractivity contribution in [3.63, 3.8) is 0 Å². The lowest BCUT2D eigenvalue weighted by Crippen LogP contribution is -2.43. The highest BCUT2D eigenvalue weighted by molar-refractivity contribution is 8.00. The number of benzene rings is 2. The number of nitrogens with zero attached hydrogens (tertiary/aromatic N) is 2. The number of pyridine rings is 1. The molecule has 1 fully saturated rings. The molecule has 1 unspecified atom stereocenters. The molecule has 0 radical (unpaired) electrons. The Labute approximate surface area is 193 Å². The van der Waals surface area contributed by atoms with Crippen LogP contribution in [0.15, 0.2) is 83.9 Å². The molecule has 2 heterocycles. The first-order valence-corrected chi connectivity index (χ1v) is 11.8. The zero-order valence-corrected chi connectivity index (χ0v) is 18.9. The molecule has 1 aliphatic heterocycles. The number of aromatic nitrogens is 1. The van der Waals surface area contributed by atoms with Crippen LogP contribution in [-0.2, 0) is 9.59 Å². The molecular weight excluding hydrogens is 418 g/mol. The van der Waals surface area contributed by atoms with Crippen molar-refractivity contribution < 1.29 is 9.59 Å². The van der Waals surface area contributed by atoms with Crippen LogP contribution in [0.3, 0.4) is 0 Å². The second-order valence-corrected chi connectivity index (χ2v) is 9.21. The molecule has 1 aliphatic rings. The van der Waals surface area contributed by atoms with Gasteiger partial charge in [0.15, 0.2) is 0 Å². The van der Waals surface area contributed by atoms with Crippen molar-refractivity contribution in [2.24, 2.45) is 5.92 Å². The summed E-state index contributed by atoms with van der Waals surface area (Å²) >= 11 is 1.57. The average Bonchev–Trinajstić information content (AvgIpc) is 2.85. The highest BCUT2D eigenvalue weighted by Crippen LogP contribution is 2.37. The summed E-state index contributed by atoms with van der Waals surface area (Å²) in [6.45, 7) is 3.12. The maximum atomic E-state index is 13.5. The number of nitrogens with one attached hydrogen (secondary N) is 1. The molecule has 2 aromatic carbocycles. The van der Waals surface area contributed by atoms with Crippen LogP contribution in [0, 0.1) is 12.8 Å². The average molecular weight is 446 g/mol. The van der Waals surface area contributed by atoms with Gasteiger partial charge in [0.1, 0.15) is 11.1 Å². The lowest BCUT2D eigenvalue weighted by molar-refractivity contribution is -0.134. The molecule has 2 amide bonds. The first-order valence-electron chi connectivity index (χ1n) is 10.9. The SMILES string of the molecule is Cc1ccc(NC(=O)C2CCN(C(=O)C(Sc3ccccc3)c3ccccc3)CC2)nc1. The molecule has 0 spiro atoms. The molecule has 1 aromatic heterocycles. The number of rotatable bonds is 6. The largest absolute Gasteiger partial charge is 0.341 e. The van der Waals surface area contributed by atoms with Gasteiger partial charge in [0.05, 0.1) is 0 Å². The molecule has 0 bridgehead atoms.